The minimum absolute atomic E-state index is 0.177. The highest BCUT2D eigenvalue weighted by molar-refractivity contribution is 5.68. The van der Waals surface area contributed by atoms with Crippen LogP contribution in [0.5, 0.6) is 5.75 Å². The largest absolute Gasteiger partial charge is 0.497 e. The van der Waals surface area contributed by atoms with Crippen molar-refractivity contribution in [3.8, 4) is 5.75 Å². The number of hydrogen-bond acceptors (Lipinski definition) is 3. The van der Waals surface area contributed by atoms with Crippen LogP contribution in [0.4, 0.5) is 0 Å². The summed E-state index contributed by atoms with van der Waals surface area (Å²) >= 11 is 0. The summed E-state index contributed by atoms with van der Waals surface area (Å²) in [6.07, 6.45) is 2.74. The molecule has 0 bridgehead atoms. The number of nitrogens with zero attached hydrogens (tertiary/aromatic N) is 1. The van der Waals surface area contributed by atoms with Crippen molar-refractivity contribution in [1.82, 2.24) is 4.90 Å². The lowest BCUT2D eigenvalue weighted by atomic mass is 9.75. The molecule has 0 spiro atoms. The molecule has 104 valence electrons. The van der Waals surface area contributed by atoms with Gasteiger partial charge in [0.05, 0.1) is 13.5 Å². The fourth-order valence-corrected chi connectivity index (χ4v) is 2.92. The predicted molar refractivity (Wildman–Crippen MR) is 73.7 cm³/mol. The van der Waals surface area contributed by atoms with Gasteiger partial charge in [-0.25, -0.2) is 0 Å². The molecule has 4 nitrogen and oxygen atoms in total. The minimum atomic E-state index is -0.736. The summed E-state index contributed by atoms with van der Waals surface area (Å²) in [5.74, 6) is 0.101. The zero-order valence-corrected chi connectivity index (χ0v) is 11.8. The van der Waals surface area contributed by atoms with E-state index in [2.05, 4.69) is 11.0 Å². The molecular formula is C15H21NO3. The van der Waals surface area contributed by atoms with Crippen molar-refractivity contribution in [2.24, 2.45) is 0 Å². The Bertz CT molecular complexity index is 484. The van der Waals surface area contributed by atoms with Crippen LogP contribution in [0.25, 0.3) is 0 Å². The van der Waals surface area contributed by atoms with Crippen LogP contribution in [-0.4, -0.2) is 42.7 Å². The van der Waals surface area contributed by atoms with Crippen molar-refractivity contribution in [3.05, 3.63) is 29.3 Å². The third kappa shape index (κ3) is 2.73. The topological polar surface area (TPSA) is 49.8 Å². The number of methoxy groups -OCH3 is 1. The fraction of sp³-hybridized carbons (Fsp3) is 0.533. The molecule has 0 saturated heterocycles. The number of aryl methyl sites for hydroxylation is 1. The van der Waals surface area contributed by atoms with Crippen LogP contribution in [0.3, 0.4) is 0 Å². The molecule has 0 saturated carbocycles. The Balaban J connectivity index is 2.33. The van der Waals surface area contributed by atoms with E-state index >= 15 is 0 Å². The second kappa shape index (κ2) is 5.21. The number of likely N-dealkylation sites (N-methyl/N-ethyl adjacent to an activating group) is 1. The van der Waals surface area contributed by atoms with Crippen molar-refractivity contribution in [1.29, 1.82) is 0 Å². The van der Waals surface area contributed by atoms with Crippen LogP contribution in [-0.2, 0) is 17.6 Å². The van der Waals surface area contributed by atoms with Gasteiger partial charge in [-0.3, -0.25) is 4.79 Å². The van der Waals surface area contributed by atoms with E-state index in [1.807, 2.05) is 26.2 Å². The van der Waals surface area contributed by atoms with Crippen LogP contribution < -0.4 is 4.74 Å². The second-order valence-electron chi connectivity index (χ2n) is 5.50. The zero-order valence-electron chi connectivity index (χ0n) is 11.8. The molecule has 0 aromatic heterocycles. The van der Waals surface area contributed by atoms with Crippen LogP contribution in [0.2, 0.25) is 0 Å². The van der Waals surface area contributed by atoms with Gasteiger partial charge in [0.2, 0.25) is 0 Å². The molecule has 1 aliphatic rings. The van der Waals surface area contributed by atoms with Crippen molar-refractivity contribution in [3.63, 3.8) is 0 Å². The molecule has 0 fully saturated rings. The first-order valence-corrected chi connectivity index (χ1v) is 6.52. The van der Waals surface area contributed by atoms with Crippen LogP contribution >= 0.6 is 0 Å². The molecule has 0 radical (unpaired) electrons. The summed E-state index contributed by atoms with van der Waals surface area (Å²) in [5.41, 5.74) is 2.23. The Hall–Kier alpha value is -1.55. The van der Waals surface area contributed by atoms with E-state index in [0.29, 0.717) is 0 Å². The summed E-state index contributed by atoms with van der Waals surface area (Å²) in [7, 11) is 5.59. The van der Waals surface area contributed by atoms with Crippen LogP contribution in [0.15, 0.2) is 18.2 Å². The van der Waals surface area contributed by atoms with Gasteiger partial charge in [0.25, 0.3) is 0 Å². The number of ether oxygens (including phenoxy) is 1. The van der Waals surface area contributed by atoms with Gasteiger partial charge in [0.15, 0.2) is 0 Å². The van der Waals surface area contributed by atoms with Gasteiger partial charge in [-0.2, -0.15) is 0 Å². The maximum atomic E-state index is 11.2. The Morgan fingerprint density at radius 1 is 1.42 bits per heavy atom. The van der Waals surface area contributed by atoms with E-state index in [-0.39, 0.29) is 12.0 Å². The summed E-state index contributed by atoms with van der Waals surface area (Å²) in [5, 5.41) is 9.18. The fourth-order valence-electron chi connectivity index (χ4n) is 2.92. The van der Waals surface area contributed by atoms with E-state index < -0.39 is 5.97 Å². The first-order valence-electron chi connectivity index (χ1n) is 6.52. The lowest BCUT2D eigenvalue weighted by Gasteiger charge is -2.42. The van der Waals surface area contributed by atoms with Crippen molar-refractivity contribution >= 4 is 5.97 Å². The number of benzene rings is 1. The maximum Gasteiger partial charge on any atom is 0.305 e. The van der Waals surface area contributed by atoms with E-state index in [1.54, 1.807) is 7.11 Å². The zero-order chi connectivity index (χ0) is 14.0. The van der Waals surface area contributed by atoms with Gasteiger partial charge in [-0.15, -0.1) is 0 Å². The molecule has 1 atom stereocenters. The van der Waals surface area contributed by atoms with E-state index in [0.717, 1.165) is 25.0 Å². The standard InChI is InChI=1S/C15H21NO3/c1-16(2)15(10-14(17)18)7-6-11-4-5-13(19-3)8-12(11)9-15/h4-5,8H,6-7,9-10H2,1-3H3,(H,17,18). The molecule has 1 aliphatic carbocycles. The molecule has 0 aliphatic heterocycles. The van der Waals surface area contributed by atoms with Gasteiger partial charge in [-0.1, -0.05) is 6.07 Å². The van der Waals surface area contributed by atoms with Gasteiger partial charge in [0.1, 0.15) is 5.75 Å². The number of aliphatic carboxylic acids is 1. The first-order chi connectivity index (χ1) is 8.97. The number of hydrogen-bond donors (Lipinski definition) is 1. The number of carboxylic acids is 1. The van der Waals surface area contributed by atoms with Gasteiger partial charge >= 0.3 is 5.97 Å². The lowest BCUT2D eigenvalue weighted by Crippen LogP contribution is -2.50. The quantitative estimate of drug-likeness (QED) is 0.902. The average Bonchev–Trinajstić information content (AvgIpc) is 2.36. The third-order valence-corrected chi connectivity index (χ3v) is 4.22. The summed E-state index contributed by atoms with van der Waals surface area (Å²) in [4.78, 5) is 13.2. The smallest absolute Gasteiger partial charge is 0.305 e. The molecule has 2 rings (SSSR count). The van der Waals surface area contributed by atoms with Crippen molar-refractivity contribution in [2.45, 2.75) is 31.2 Å². The Labute approximate surface area is 114 Å². The van der Waals surface area contributed by atoms with Gasteiger partial charge < -0.3 is 14.7 Å². The predicted octanol–water partition coefficient (Wildman–Crippen LogP) is 1.96. The number of carboxylic acid groups (broad SMARTS) is 1. The molecule has 0 heterocycles. The van der Waals surface area contributed by atoms with E-state index in [9.17, 15) is 9.90 Å². The average molecular weight is 263 g/mol. The summed E-state index contributed by atoms with van der Waals surface area (Å²) in [6, 6.07) is 6.10. The Morgan fingerprint density at radius 2 is 2.16 bits per heavy atom. The van der Waals surface area contributed by atoms with Crippen molar-refractivity contribution < 1.29 is 14.6 Å². The molecule has 19 heavy (non-hydrogen) atoms. The van der Waals surface area contributed by atoms with Gasteiger partial charge in [-0.05, 0) is 56.6 Å². The third-order valence-electron chi connectivity index (χ3n) is 4.22. The molecule has 1 aromatic carbocycles. The van der Waals surface area contributed by atoms with E-state index in [4.69, 9.17) is 4.74 Å². The SMILES string of the molecule is COc1ccc2c(c1)CC(CC(=O)O)(N(C)C)CC2. The molecule has 1 aromatic rings. The number of fused-ring (bicyclic) bond motifs is 1. The Kier molecular flexibility index (Phi) is 3.80. The van der Waals surface area contributed by atoms with Crippen molar-refractivity contribution in [2.75, 3.05) is 21.2 Å². The molecule has 1 N–H and O–H groups in total. The first kappa shape index (κ1) is 13.9. The lowest BCUT2D eigenvalue weighted by molar-refractivity contribution is -0.140. The molecular weight excluding hydrogens is 242 g/mol. The normalized spacial score (nSPS) is 22.1. The highest BCUT2D eigenvalue weighted by Crippen LogP contribution is 2.36. The summed E-state index contributed by atoms with van der Waals surface area (Å²) in [6.45, 7) is 0. The molecule has 4 heteroatoms. The minimum Gasteiger partial charge on any atom is -0.497 e. The highest BCUT2D eigenvalue weighted by atomic mass is 16.5. The number of carbonyl (C=O) groups is 1. The van der Waals surface area contributed by atoms with Crippen LogP contribution in [0, 0.1) is 0 Å². The second-order valence-corrected chi connectivity index (χ2v) is 5.50. The van der Waals surface area contributed by atoms with E-state index in [1.165, 1.54) is 11.1 Å². The maximum absolute atomic E-state index is 11.2. The molecule has 1 unspecified atom stereocenters. The molecule has 0 amide bonds. The van der Waals surface area contributed by atoms with Crippen LogP contribution in [0.1, 0.15) is 24.0 Å². The highest BCUT2D eigenvalue weighted by Gasteiger charge is 2.38. The summed E-state index contributed by atoms with van der Waals surface area (Å²) < 4.78 is 5.26. The number of rotatable bonds is 4. The van der Waals surface area contributed by atoms with Gasteiger partial charge in [0, 0.05) is 5.54 Å². The monoisotopic (exact) mass is 263 g/mol. The Morgan fingerprint density at radius 3 is 2.74 bits per heavy atom.